The Kier molecular flexibility index (Phi) is 4.53. The lowest BCUT2D eigenvalue weighted by Crippen LogP contribution is -2.10. The Morgan fingerprint density at radius 3 is 2.74 bits per heavy atom. The normalized spacial score (nSPS) is 10.7. The van der Waals surface area contributed by atoms with E-state index in [-0.39, 0.29) is 0 Å². The minimum atomic E-state index is 0.477. The number of hydrogen-bond acceptors (Lipinski definition) is 3. The average Bonchev–Trinajstić information content (AvgIpc) is 2.45. The van der Waals surface area contributed by atoms with E-state index >= 15 is 0 Å². The third-order valence-electron chi connectivity index (χ3n) is 2.99. The van der Waals surface area contributed by atoms with Crippen molar-refractivity contribution >= 4 is 0 Å². The first-order valence-electron chi connectivity index (χ1n) is 6.59. The molecule has 0 fully saturated rings. The summed E-state index contributed by atoms with van der Waals surface area (Å²) >= 11 is 0. The summed E-state index contributed by atoms with van der Waals surface area (Å²) in [5.74, 6) is 1.24. The van der Waals surface area contributed by atoms with E-state index in [0.717, 1.165) is 11.3 Å². The molecule has 0 aliphatic rings. The number of nitrogens with zero attached hydrogens (tertiary/aromatic N) is 1. The number of rotatable bonds is 5. The highest BCUT2D eigenvalue weighted by Gasteiger charge is 2.08. The maximum absolute atomic E-state index is 5.53. The van der Waals surface area contributed by atoms with Crippen molar-refractivity contribution in [2.75, 3.05) is 13.2 Å². The predicted molar refractivity (Wildman–Crippen MR) is 78.3 cm³/mol. The third-order valence-corrected chi connectivity index (χ3v) is 2.99. The second kappa shape index (κ2) is 6.34. The molecular formula is C16H20N2O. The van der Waals surface area contributed by atoms with Gasteiger partial charge < -0.3 is 10.5 Å². The van der Waals surface area contributed by atoms with Crippen LogP contribution in [0.4, 0.5) is 0 Å². The molecule has 3 nitrogen and oxygen atoms in total. The van der Waals surface area contributed by atoms with Gasteiger partial charge in [-0.3, -0.25) is 4.98 Å². The van der Waals surface area contributed by atoms with Crippen LogP contribution >= 0.6 is 0 Å². The standard InChI is InChI=1S/C16H20N2O/c1-12(2)15-5-3-4-6-16(15)13-9-14(11-18-10-13)19-8-7-17/h3-6,9-12H,7-8,17H2,1-2H3. The molecular weight excluding hydrogens is 236 g/mol. The zero-order chi connectivity index (χ0) is 13.7. The summed E-state index contributed by atoms with van der Waals surface area (Å²) in [4.78, 5) is 4.25. The van der Waals surface area contributed by atoms with Crippen LogP contribution in [0.15, 0.2) is 42.7 Å². The second-order valence-corrected chi connectivity index (χ2v) is 4.79. The predicted octanol–water partition coefficient (Wildman–Crippen LogP) is 3.21. The number of benzene rings is 1. The van der Waals surface area contributed by atoms with Crippen molar-refractivity contribution in [3.8, 4) is 16.9 Å². The molecule has 0 aliphatic carbocycles. The smallest absolute Gasteiger partial charge is 0.138 e. The highest BCUT2D eigenvalue weighted by molar-refractivity contribution is 5.68. The molecule has 100 valence electrons. The zero-order valence-corrected chi connectivity index (χ0v) is 11.5. The molecule has 1 heterocycles. The quantitative estimate of drug-likeness (QED) is 0.893. The van der Waals surface area contributed by atoms with Gasteiger partial charge in [-0.05, 0) is 23.1 Å². The minimum Gasteiger partial charge on any atom is -0.491 e. The molecule has 0 atom stereocenters. The van der Waals surface area contributed by atoms with E-state index in [0.29, 0.717) is 19.1 Å². The van der Waals surface area contributed by atoms with Crippen LogP contribution < -0.4 is 10.5 Å². The van der Waals surface area contributed by atoms with Gasteiger partial charge in [-0.2, -0.15) is 0 Å². The van der Waals surface area contributed by atoms with Crippen LogP contribution in [-0.4, -0.2) is 18.1 Å². The fourth-order valence-electron chi connectivity index (χ4n) is 2.09. The van der Waals surface area contributed by atoms with Crippen LogP contribution in [0.1, 0.15) is 25.3 Å². The van der Waals surface area contributed by atoms with Gasteiger partial charge in [0.05, 0.1) is 6.20 Å². The molecule has 1 aromatic heterocycles. The van der Waals surface area contributed by atoms with Crippen LogP contribution in [0.2, 0.25) is 0 Å². The minimum absolute atomic E-state index is 0.477. The van der Waals surface area contributed by atoms with E-state index in [1.54, 1.807) is 6.20 Å². The van der Waals surface area contributed by atoms with Gasteiger partial charge in [0.25, 0.3) is 0 Å². The van der Waals surface area contributed by atoms with Crippen LogP contribution in [0.5, 0.6) is 5.75 Å². The van der Waals surface area contributed by atoms with Gasteiger partial charge in [0.15, 0.2) is 0 Å². The third kappa shape index (κ3) is 3.32. The Bertz CT molecular complexity index is 538. The summed E-state index contributed by atoms with van der Waals surface area (Å²) in [7, 11) is 0. The number of nitrogens with two attached hydrogens (primary N) is 1. The SMILES string of the molecule is CC(C)c1ccccc1-c1cncc(OCCN)c1. The molecule has 0 radical (unpaired) electrons. The highest BCUT2D eigenvalue weighted by atomic mass is 16.5. The van der Waals surface area contributed by atoms with Crippen LogP contribution in [0, 0.1) is 0 Å². The Labute approximate surface area is 114 Å². The van der Waals surface area contributed by atoms with E-state index in [4.69, 9.17) is 10.5 Å². The fraction of sp³-hybridized carbons (Fsp3) is 0.312. The second-order valence-electron chi connectivity index (χ2n) is 4.79. The van der Waals surface area contributed by atoms with E-state index in [1.165, 1.54) is 11.1 Å². The van der Waals surface area contributed by atoms with Gasteiger partial charge in [-0.15, -0.1) is 0 Å². The molecule has 0 aliphatic heterocycles. The van der Waals surface area contributed by atoms with E-state index in [1.807, 2.05) is 12.3 Å². The molecule has 19 heavy (non-hydrogen) atoms. The van der Waals surface area contributed by atoms with Crippen molar-refractivity contribution in [1.82, 2.24) is 4.98 Å². The molecule has 0 spiro atoms. The molecule has 0 unspecified atom stereocenters. The van der Waals surface area contributed by atoms with Crippen molar-refractivity contribution in [1.29, 1.82) is 0 Å². The lowest BCUT2D eigenvalue weighted by molar-refractivity contribution is 0.327. The van der Waals surface area contributed by atoms with Crippen LogP contribution in [0.3, 0.4) is 0 Å². The molecule has 0 amide bonds. The monoisotopic (exact) mass is 256 g/mol. The molecule has 1 aromatic carbocycles. The Balaban J connectivity index is 2.36. The van der Waals surface area contributed by atoms with Crippen molar-refractivity contribution in [3.63, 3.8) is 0 Å². The first-order valence-corrected chi connectivity index (χ1v) is 6.59. The number of aromatic nitrogens is 1. The summed E-state index contributed by atoms with van der Waals surface area (Å²) < 4.78 is 5.53. The number of ether oxygens (including phenoxy) is 1. The molecule has 2 N–H and O–H groups in total. The zero-order valence-electron chi connectivity index (χ0n) is 11.5. The summed E-state index contributed by atoms with van der Waals surface area (Å²) in [5.41, 5.74) is 9.06. The number of pyridine rings is 1. The topological polar surface area (TPSA) is 48.1 Å². The molecule has 0 bridgehead atoms. The maximum Gasteiger partial charge on any atom is 0.138 e. The largest absolute Gasteiger partial charge is 0.491 e. The summed E-state index contributed by atoms with van der Waals surface area (Å²) in [5, 5.41) is 0. The van der Waals surface area contributed by atoms with Gasteiger partial charge in [0.2, 0.25) is 0 Å². The number of hydrogen-bond donors (Lipinski definition) is 1. The van der Waals surface area contributed by atoms with E-state index in [2.05, 4.69) is 43.1 Å². The van der Waals surface area contributed by atoms with Gasteiger partial charge in [-0.25, -0.2) is 0 Å². The Morgan fingerprint density at radius 1 is 1.21 bits per heavy atom. The summed E-state index contributed by atoms with van der Waals surface area (Å²) in [6.45, 7) is 5.41. The summed E-state index contributed by atoms with van der Waals surface area (Å²) in [6, 6.07) is 10.4. The lowest BCUT2D eigenvalue weighted by Gasteiger charge is -2.13. The van der Waals surface area contributed by atoms with Crippen LogP contribution in [0.25, 0.3) is 11.1 Å². The van der Waals surface area contributed by atoms with Gasteiger partial charge in [0, 0.05) is 18.3 Å². The van der Waals surface area contributed by atoms with E-state index < -0.39 is 0 Å². The van der Waals surface area contributed by atoms with Crippen molar-refractivity contribution in [3.05, 3.63) is 48.3 Å². The van der Waals surface area contributed by atoms with Crippen molar-refractivity contribution in [2.24, 2.45) is 5.73 Å². The Morgan fingerprint density at radius 2 is 2.00 bits per heavy atom. The van der Waals surface area contributed by atoms with Gasteiger partial charge in [-0.1, -0.05) is 38.1 Å². The molecule has 2 rings (SSSR count). The van der Waals surface area contributed by atoms with Crippen molar-refractivity contribution < 1.29 is 4.74 Å². The van der Waals surface area contributed by atoms with Crippen LogP contribution in [-0.2, 0) is 0 Å². The highest BCUT2D eigenvalue weighted by Crippen LogP contribution is 2.30. The average molecular weight is 256 g/mol. The first kappa shape index (κ1) is 13.6. The molecule has 0 saturated carbocycles. The molecule has 3 heteroatoms. The Hall–Kier alpha value is -1.87. The van der Waals surface area contributed by atoms with Crippen molar-refractivity contribution in [2.45, 2.75) is 19.8 Å². The molecule has 0 saturated heterocycles. The van der Waals surface area contributed by atoms with Gasteiger partial charge >= 0.3 is 0 Å². The lowest BCUT2D eigenvalue weighted by atomic mass is 9.93. The van der Waals surface area contributed by atoms with Gasteiger partial charge in [0.1, 0.15) is 12.4 Å². The fourth-order valence-corrected chi connectivity index (χ4v) is 2.09. The van der Waals surface area contributed by atoms with E-state index in [9.17, 15) is 0 Å². The maximum atomic E-state index is 5.53. The first-order chi connectivity index (χ1) is 9.22. The molecule has 2 aromatic rings. The summed E-state index contributed by atoms with van der Waals surface area (Å²) in [6.07, 6.45) is 3.59.